The Balaban J connectivity index is 1.67. The number of ether oxygens (including phenoxy) is 1. The summed E-state index contributed by atoms with van der Waals surface area (Å²) < 4.78 is 18.8. The second-order valence-electron chi connectivity index (χ2n) is 6.78. The van der Waals surface area contributed by atoms with Crippen LogP contribution in [-0.2, 0) is 6.42 Å². The molecule has 28 heavy (non-hydrogen) atoms. The SMILES string of the molecule is Cc1nc(NCCc2ccc(F)cc2)cc(Nc2ccccc2OC(C)C)n1. The summed E-state index contributed by atoms with van der Waals surface area (Å²) in [5, 5.41) is 6.62. The maximum Gasteiger partial charge on any atom is 0.143 e. The molecule has 0 atom stereocenters. The van der Waals surface area contributed by atoms with Crippen molar-refractivity contribution in [3.8, 4) is 5.75 Å². The minimum atomic E-state index is -0.222. The standard InChI is InChI=1S/C22H25FN4O/c1-15(2)28-20-7-5-4-6-19(20)27-22-14-21(25-16(3)26-22)24-13-12-17-8-10-18(23)11-9-17/h4-11,14-15H,12-13H2,1-3H3,(H2,24,25,26,27). The largest absolute Gasteiger partial charge is 0.489 e. The van der Waals surface area contributed by atoms with Crippen LogP contribution in [0, 0.1) is 12.7 Å². The average Bonchev–Trinajstić information content (AvgIpc) is 2.64. The van der Waals surface area contributed by atoms with Crippen molar-refractivity contribution in [2.24, 2.45) is 0 Å². The second-order valence-corrected chi connectivity index (χ2v) is 6.78. The summed E-state index contributed by atoms with van der Waals surface area (Å²) in [6.45, 7) is 6.53. The predicted octanol–water partition coefficient (Wildman–Crippen LogP) is 5.11. The topological polar surface area (TPSA) is 59.1 Å². The van der Waals surface area contributed by atoms with Gasteiger partial charge in [0, 0.05) is 12.6 Å². The van der Waals surface area contributed by atoms with Crippen molar-refractivity contribution in [2.75, 3.05) is 17.2 Å². The lowest BCUT2D eigenvalue weighted by molar-refractivity contribution is 0.244. The van der Waals surface area contributed by atoms with Gasteiger partial charge in [0.1, 0.15) is 29.0 Å². The van der Waals surface area contributed by atoms with E-state index in [2.05, 4.69) is 20.6 Å². The highest BCUT2D eigenvalue weighted by Crippen LogP contribution is 2.28. The Labute approximate surface area is 165 Å². The van der Waals surface area contributed by atoms with Crippen LogP contribution in [-0.4, -0.2) is 22.6 Å². The van der Waals surface area contributed by atoms with Gasteiger partial charge in [-0.1, -0.05) is 24.3 Å². The molecule has 3 aromatic rings. The molecular formula is C22H25FN4O. The third kappa shape index (κ3) is 5.67. The molecule has 0 aliphatic heterocycles. The Morgan fingerprint density at radius 3 is 2.46 bits per heavy atom. The molecule has 0 saturated carbocycles. The third-order valence-electron chi connectivity index (χ3n) is 3.98. The first-order valence-corrected chi connectivity index (χ1v) is 9.36. The van der Waals surface area contributed by atoms with Gasteiger partial charge in [0.25, 0.3) is 0 Å². The molecule has 3 rings (SSSR count). The van der Waals surface area contributed by atoms with Gasteiger partial charge in [-0.3, -0.25) is 0 Å². The van der Waals surface area contributed by atoms with Gasteiger partial charge in [-0.15, -0.1) is 0 Å². The average molecular weight is 380 g/mol. The van der Waals surface area contributed by atoms with Crippen LogP contribution in [0.2, 0.25) is 0 Å². The fourth-order valence-electron chi connectivity index (χ4n) is 2.77. The number of nitrogens with zero attached hydrogens (tertiary/aromatic N) is 2. The monoisotopic (exact) mass is 380 g/mol. The van der Waals surface area contributed by atoms with Gasteiger partial charge < -0.3 is 15.4 Å². The van der Waals surface area contributed by atoms with E-state index in [1.165, 1.54) is 12.1 Å². The van der Waals surface area contributed by atoms with E-state index in [1.54, 1.807) is 12.1 Å². The molecule has 2 aromatic carbocycles. The lowest BCUT2D eigenvalue weighted by Gasteiger charge is -2.16. The number of nitrogens with one attached hydrogen (secondary N) is 2. The van der Waals surface area contributed by atoms with Gasteiger partial charge in [-0.2, -0.15) is 0 Å². The fraction of sp³-hybridized carbons (Fsp3) is 0.273. The number of hydrogen-bond acceptors (Lipinski definition) is 5. The van der Waals surface area contributed by atoms with Crippen molar-refractivity contribution >= 4 is 17.3 Å². The minimum Gasteiger partial charge on any atom is -0.489 e. The molecule has 0 radical (unpaired) electrons. The van der Waals surface area contributed by atoms with Gasteiger partial charge in [0.2, 0.25) is 0 Å². The molecule has 2 N–H and O–H groups in total. The first-order chi connectivity index (χ1) is 13.5. The number of rotatable bonds is 8. The highest BCUT2D eigenvalue weighted by atomic mass is 19.1. The first-order valence-electron chi connectivity index (χ1n) is 9.36. The van der Waals surface area contributed by atoms with E-state index >= 15 is 0 Å². The molecule has 0 unspecified atom stereocenters. The summed E-state index contributed by atoms with van der Waals surface area (Å²) in [7, 11) is 0. The lowest BCUT2D eigenvalue weighted by atomic mass is 10.1. The summed E-state index contributed by atoms with van der Waals surface area (Å²) in [6, 6.07) is 16.2. The molecule has 1 heterocycles. The fourth-order valence-corrected chi connectivity index (χ4v) is 2.77. The Morgan fingerprint density at radius 1 is 1.00 bits per heavy atom. The van der Waals surface area contributed by atoms with Crippen LogP contribution in [0.25, 0.3) is 0 Å². The maximum absolute atomic E-state index is 13.0. The van der Waals surface area contributed by atoms with Gasteiger partial charge in [0.15, 0.2) is 0 Å². The van der Waals surface area contributed by atoms with E-state index in [1.807, 2.05) is 51.1 Å². The summed E-state index contributed by atoms with van der Waals surface area (Å²) in [6.07, 6.45) is 0.857. The van der Waals surface area contributed by atoms with Crippen molar-refractivity contribution in [2.45, 2.75) is 33.3 Å². The predicted molar refractivity (Wildman–Crippen MR) is 111 cm³/mol. The van der Waals surface area contributed by atoms with Crippen LogP contribution in [0.5, 0.6) is 5.75 Å². The van der Waals surface area contributed by atoms with Crippen LogP contribution in [0.15, 0.2) is 54.6 Å². The number of para-hydroxylation sites is 2. The number of aromatic nitrogens is 2. The van der Waals surface area contributed by atoms with Gasteiger partial charge in [-0.05, 0) is 57.0 Å². The third-order valence-corrected chi connectivity index (χ3v) is 3.98. The number of halogens is 1. The molecule has 0 bridgehead atoms. The van der Waals surface area contributed by atoms with E-state index in [4.69, 9.17) is 4.74 Å². The molecule has 0 aliphatic rings. The number of aryl methyl sites for hydroxylation is 1. The van der Waals surface area contributed by atoms with Crippen LogP contribution in [0.1, 0.15) is 25.2 Å². The quantitative estimate of drug-likeness (QED) is 0.569. The van der Waals surface area contributed by atoms with Crippen LogP contribution in [0.3, 0.4) is 0 Å². The van der Waals surface area contributed by atoms with Crippen molar-refractivity contribution in [1.29, 1.82) is 0 Å². The van der Waals surface area contributed by atoms with Gasteiger partial charge in [0.05, 0.1) is 11.8 Å². The summed E-state index contributed by atoms with van der Waals surface area (Å²) >= 11 is 0. The van der Waals surface area contributed by atoms with E-state index in [9.17, 15) is 4.39 Å². The molecule has 0 spiro atoms. The zero-order valence-corrected chi connectivity index (χ0v) is 16.4. The first kappa shape index (κ1) is 19.6. The lowest BCUT2D eigenvalue weighted by Crippen LogP contribution is -2.09. The van der Waals surface area contributed by atoms with Crippen molar-refractivity contribution in [3.63, 3.8) is 0 Å². The summed E-state index contributed by atoms with van der Waals surface area (Å²) in [5.41, 5.74) is 1.92. The van der Waals surface area contributed by atoms with E-state index in [0.717, 1.165) is 29.2 Å². The Hall–Kier alpha value is -3.15. The Morgan fingerprint density at radius 2 is 1.71 bits per heavy atom. The van der Waals surface area contributed by atoms with E-state index < -0.39 is 0 Å². The molecule has 5 nitrogen and oxygen atoms in total. The highest BCUT2D eigenvalue weighted by molar-refractivity contribution is 5.65. The number of hydrogen-bond donors (Lipinski definition) is 2. The van der Waals surface area contributed by atoms with E-state index in [-0.39, 0.29) is 11.9 Å². The summed E-state index contributed by atoms with van der Waals surface area (Å²) in [4.78, 5) is 8.90. The molecule has 6 heteroatoms. The summed E-state index contributed by atoms with van der Waals surface area (Å²) in [5.74, 6) is 2.65. The molecular weight excluding hydrogens is 355 g/mol. The van der Waals surface area contributed by atoms with E-state index in [0.29, 0.717) is 18.2 Å². The highest BCUT2D eigenvalue weighted by Gasteiger charge is 2.08. The Kier molecular flexibility index (Phi) is 6.42. The smallest absolute Gasteiger partial charge is 0.143 e. The molecule has 0 saturated heterocycles. The molecule has 1 aromatic heterocycles. The molecule has 0 aliphatic carbocycles. The zero-order chi connectivity index (χ0) is 19.9. The van der Waals surface area contributed by atoms with Crippen molar-refractivity contribution in [3.05, 3.63) is 71.8 Å². The van der Waals surface area contributed by atoms with Crippen LogP contribution < -0.4 is 15.4 Å². The van der Waals surface area contributed by atoms with Crippen LogP contribution >= 0.6 is 0 Å². The number of benzene rings is 2. The molecule has 146 valence electrons. The van der Waals surface area contributed by atoms with Crippen molar-refractivity contribution in [1.82, 2.24) is 9.97 Å². The number of anilines is 3. The van der Waals surface area contributed by atoms with Crippen LogP contribution in [0.4, 0.5) is 21.7 Å². The maximum atomic E-state index is 13.0. The Bertz CT molecular complexity index is 913. The zero-order valence-electron chi connectivity index (χ0n) is 16.4. The molecule has 0 fully saturated rings. The van der Waals surface area contributed by atoms with Crippen molar-refractivity contribution < 1.29 is 9.13 Å². The normalized spacial score (nSPS) is 10.8. The minimum absolute atomic E-state index is 0.0822. The van der Waals surface area contributed by atoms with Gasteiger partial charge >= 0.3 is 0 Å². The molecule has 0 amide bonds. The van der Waals surface area contributed by atoms with Gasteiger partial charge in [-0.25, -0.2) is 14.4 Å². The second kappa shape index (κ2) is 9.17.